The van der Waals surface area contributed by atoms with E-state index < -0.39 is 10.0 Å². The van der Waals surface area contributed by atoms with Gasteiger partial charge in [0, 0.05) is 12.1 Å². The van der Waals surface area contributed by atoms with Crippen molar-refractivity contribution in [2.24, 2.45) is 11.7 Å². The average molecular weight is 313 g/mol. The number of amides is 1. The van der Waals surface area contributed by atoms with Crippen LogP contribution >= 0.6 is 0 Å². The lowest BCUT2D eigenvalue weighted by Gasteiger charge is -2.11. The van der Waals surface area contributed by atoms with Crippen molar-refractivity contribution in [2.75, 3.05) is 22.8 Å². The summed E-state index contributed by atoms with van der Waals surface area (Å²) < 4.78 is 24.8. The highest BCUT2D eigenvalue weighted by atomic mass is 32.2. The number of nitrogens with one attached hydrogen (secondary N) is 2. The predicted molar refractivity (Wildman–Crippen MR) is 85.7 cm³/mol. The maximum absolute atomic E-state index is 11.8. The molecule has 0 heterocycles. The summed E-state index contributed by atoms with van der Waals surface area (Å²) in [4.78, 5) is 11.8. The summed E-state index contributed by atoms with van der Waals surface area (Å²) in [6, 6.07) is 5.04. The number of rotatable bonds is 7. The number of carbonyl (C=O) groups excluding carboxylic acids is 1. The molecule has 1 rings (SSSR count). The van der Waals surface area contributed by atoms with Crippen molar-refractivity contribution in [1.82, 2.24) is 0 Å². The van der Waals surface area contributed by atoms with E-state index in [4.69, 9.17) is 5.73 Å². The highest BCUT2D eigenvalue weighted by Gasteiger charge is 2.08. The number of sulfonamides is 1. The highest BCUT2D eigenvalue weighted by molar-refractivity contribution is 7.92. The van der Waals surface area contributed by atoms with Crippen LogP contribution in [0.5, 0.6) is 0 Å². The Kier molecular flexibility index (Phi) is 6.17. The molecule has 0 saturated carbocycles. The number of hydrogen-bond acceptors (Lipinski definition) is 4. The van der Waals surface area contributed by atoms with Crippen LogP contribution in [-0.4, -0.2) is 27.1 Å². The van der Waals surface area contributed by atoms with Gasteiger partial charge >= 0.3 is 0 Å². The van der Waals surface area contributed by atoms with E-state index in [0.29, 0.717) is 30.3 Å². The van der Waals surface area contributed by atoms with Gasteiger partial charge in [-0.15, -0.1) is 0 Å². The zero-order valence-corrected chi connectivity index (χ0v) is 13.5. The molecule has 1 atom stereocenters. The van der Waals surface area contributed by atoms with Gasteiger partial charge in [0.05, 0.1) is 11.9 Å². The van der Waals surface area contributed by atoms with E-state index in [1.807, 2.05) is 6.92 Å². The van der Waals surface area contributed by atoms with Gasteiger partial charge in [0.1, 0.15) is 0 Å². The number of carbonyl (C=O) groups is 1. The summed E-state index contributed by atoms with van der Waals surface area (Å²) in [6.07, 6.45) is 2.26. The quantitative estimate of drug-likeness (QED) is 0.713. The third-order valence-corrected chi connectivity index (χ3v) is 3.66. The zero-order valence-electron chi connectivity index (χ0n) is 12.6. The Hall–Kier alpha value is -1.60. The fourth-order valence-electron chi connectivity index (χ4n) is 1.77. The molecule has 0 aliphatic rings. The molecule has 1 amide bonds. The van der Waals surface area contributed by atoms with Crippen LogP contribution in [0.1, 0.15) is 25.3 Å². The third-order valence-electron chi connectivity index (χ3n) is 3.07. The molecule has 6 nitrogen and oxygen atoms in total. The Morgan fingerprint density at radius 2 is 2.05 bits per heavy atom. The molecule has 0 spiro atoms. The molecule has 0 fully saturated rings. The van der Waals surface area contributed by atoms with E-state index in [0.717, 1.165) is 18.2 Å². The second kappa shape index (κ2) is 7.42. The molecule has 118 valence electrons. The van der Waals surface area contributed by atoms with Crippen LogP contribution in [0, 0.1) is 12.8 Å². The molecular weight excluding hydrogens is 290 g/mol. The first-order valence-electron chi connectivity index (χ1n) is 6.79. The Bertz CT molecular complexity index is 599. The van der Waals surface area contributed by atoms with E-state index in [1.165, 1.54) is 0 Å². The summed E-state index contributed by atoms with van der Waals surface area (Å²) in [6.45, 7) is 4.35. The van der Waals surface area contributed by atoms with Gasteiger partial charge in [-0.05, 0) is 49.6 Å². The van der Waals surface area contributed by atoms with Gasteiger partial charge < -0.3 is 11.1 Å². The molecule has 0 saturated heterocycles. The first-order chi connectivity index (χ1) is 9.71. The SMILES string of the molecule is Cc1cc(NC(=O)CCC(C)CN)ccc1NS(C)(=O)=O. The van der Waals surface area contributed by atoms with Crippen LogP contribution in [-0.2, 0) is 14.8 Å². The Morgan fingerprint density at radius 1 is 1.38 bits per heavy atom. The Morgan fingerprint density at radius 3 is 2.57 bits per heavy atom. The third kappa shape index (κ3) is 6.59. The lowest BCUT2D eigenvalue weighted by molar-refractivity contribution is -0.116. The van der Waals surface area contributed by atoms with Crippen LogP contribution in [0.4, 0.5) is 11.4 Å². The molecule has 1 unspecified atom stereocenters. The van der Waals surface area contributed by atoms with Crippen LogP contribution in [0.25, 0.3) is 0 Å². The number of nitrogens with two attached hydrogens (primary N) is 1. The topological polar surface area (TPSA) is 101 Å². The Balaban J connectivity index is 2.65. The zero-order chi connectivity index (χ0) is 16.0. The highest BCUT2D eigenvalue weighted by Crippen LogP contribution is 2.20. The van der Waals surface area contributed by atoms with Crippen LogP contribution < -0.4 is 15.8 Å². The molecule has 0 aromatic heterocycles. The van der Waals surface area contributed by atoms with Crippen molar-refractivity contribution in [3.8, 4) is 0 Å². The molecule has 7 heteroatoms. The van der Waals surface area contributed by atoms with E-state index in [2.05, 4.69) is 10.0 Å². The molecular formula is C14H23N3O3S. The predicted octanol–water partition coefficient (Wildman–Crippen LogP) is 1.68. The van der Waals surface area contributed by atoms with Crippen molar-refractivity contribution in [3.63, 3.8) is 0 Å². The first kappa shape index (κ1) is 17.5. The minimum absolute atomic E-state index is 0.0708. The van der Waals surface area contributed by atoms with E-state index in [-0.39, 0.29) is 5.91 Å². The summed E-state index contributed by atoms with van der Waals surface area (Å²) in [5, 5.41) is 2.80. The maximum atomic E-state index is 11.8. The summed E-state index contributed by atoms with van der Waals surface area (Å²) in [5.74, 6) is 0.248. The van der Waals surface area contributed by atoms with Gasteiger partial charge in [-0.3, -0.25) is 9.52 Å². The summed E-state index contributed by atoms with van der Waals surface area (Å²) in [5.41, 5.74) is 7.41. The van der Waals surface area contributed by atoms with Crippen molar-refractivity contribution in [1.29, 1.82) is 0 Å². The minimum atomic E-state index is -3.31. The normalized spacial score (nSPS) is 12.8. The fraction of sp³-hybridized carbons (Fsp3) is 0.500. The molecule has 4 N–H and O–H groups in total. The molecule has 0 aliphatic heterocycles. The van der Waals surface area contributed by atoms with Gasteiger partial charge in [-0.1, -0.05) is 6.92 Å². The van der Waals surface area contributed by atoms with Crippen LogP contribution in [0.2, 0.25) is 0 Å². The molecule has 1 aromatic rings. The number of hydrogen-bond donors (Lipinski definition) is 3. The maximum Gasteiger partial charge on any atom is 0.229 e. The smallest absolute Gasteiger partial charge is 0.229 e. The summed E-state index contributed by atoms with van der Waals surface area (Å²) >= 11 is 0. The lowest BCUT2D eigenvalue weighted by atomic mass is 10.1. The lowest BCUT2D eigenvalue weighted by Crippen LogP contribution is -2.16. The van der Waals surface area contributed by atoms with Crippen LogP contribution in [0.3, 0.4) is 0 Å². The molecule has 0 bridgehead atoms. The Labute approximate surface area is 126 Å². The number of aryl methyl sites for hydroxylation is 1. The van der Waals surface area contributed by atoms with Crippen molar-refractivity contribution < 1.29 is 13.2 Å². The van der Waals surface area contributed by atoms with Gasteiger partial charge in [0.15, 0.2) is 0 Å². The van der Waals surface area contributed by atoms with Crippen molar-refractivity contribution >= 4 is 27.3 Å². The van der Waals surface area contributed by atoms with Gasteiger partial charge in [-0.2, -0.15) is 0 Å². The van der Waals surface area contributed by atoms with E-state index in [9.17, 15) is 13.2 Å². The minimum Gasteiger partial charge on any atom is -0.330 e. The van der Waals surface area contributed by atoms with E-state index >= 15 is 0 Å². The van der Waals surface area contributed by atoms with Crippen molar-refractivity contribution in [3.05, 3.63) is 23.8 Å². The molecule has 0 radical (unpaired) electrons. The second-order valence-electron chi connectivity index (χ2n) is 5.33. The van der Waals surface area contributed by atoms with Gasteiger partial charge in [0.2, 0.25) is 15.9 Å². The van der Waals surface area contributed by atoms with Crippen molar-refractivity contribution in [2.45, 2.75) is 26.7 Å². The fourth-order valence-corrected chi connectivity index (χ4v) is 2.40. The van der Waals surface area contributed by atoms with Gasteiger partial charge in [-0.25, -0.2) is 8.42 Å². The summed E-state index contributed by atoms with van der Waals surface area (Å²) in [7, 11) is -3.31. The second-order valence-corrected chi connectivity index (χ2v) is 7.08. The number of anilines is 2. The number of benzene rings is 1. The average Bonchev–Trinajstić information content (AvgIpc) is 2.38. The van der Waals surface area contributed by atoms with Crippen LogP contribution in [0.15, 0.2) is 18.2 Å². The van der Waals surface area contributed by atoms with E-state index in [1.54, 1.807) is 25.1 Å². The molecule has 1 aromatic carbocycles. The van der Waals surface area contributed by atoms with Gasteiger partial charge in [0.25, 0.3) is 0 Å². The molecule has 21 heavy (non-hydrogen) atoms. The monoisotopic (exact) mass is 313 g/mol. The first-order valence-corrected chi connectivity index (χ1v) is 8.68. The molecule has 0 aliphatic carbocycles. The largest absolute Gasteiger partial charge is 0.330 e. The standard InChI is InChI=1S/C14H23N3O3S/c1-10(9-15)4-7-14(18)16-12-5-6-13(11(2)8-12)17-21(3,19)20/h5-6,8,10,17H,4,7,9,15H2,1-3H3,(H,16,18).